The minimum Gasteiger partial charge on any atom is -0.484 e. The molecule has 190 valence electrons. The summed E-state index contributed by atoms with van der Waals surface area (Å²) in [5, 5.41) is 12.0. The fraction of sp³-hybridized carbons (Fsp3) is 0.261. The lowest BCUT2D eigenvalue weighted by Crippen LogP contribution is -2.75. The molecule has 1 fully saturated rings. The number of nitro groups is 1. The number of halogens is 1. The van der Waals surface area contributed by atoms with Crippen LogP contribution in [0.5, 0.6) is 5.75 Å². The fourth-order valence-corrected chi connectivity index (χ4v) is 4.84. The number of carbonyl (C=O) groups is 3. The average molecular weight is 536 g/mol. The van der Waals surface area contributed by atoms with Gasteiger partial charge in [-0.2, -0.15) is 0 Å². The van der Waals surface area contributed by atoms with E-state index >= 15 is 0 Å². The third-order valence-corrected chi connectivity index (χ3v) is 6.62. The van der Waals surface area contributed by atoms with Crippen LogP contribution in [0.1, 0.15) is 12.5 Å². The minimum absolute atomic E-state index is 0.120. The zero-order valence-electron chi connectivity index (χ0n) is 19.0. The molecular weight excluding hydrogens is 514 g/mol. The van der Waals surface area contributed by atoms with Gasteiger partial charge in [-0.25, -0.2) is 9.00 Å². The summed E-state index contributed by atoms with van der Waals surface area (Å²) < 4.78 is 22.9. The monoisotopic (exact) mass is 535 g/mol. The van der Waals surface area contributed by atoms with Crippen molar-refractivity contribution < 1.29 is 33.0 Å². The Morgan fingerprint density at radius 3 is 2.42 bits per heavy atom. The third kappa shape index (κ3) is 6.26. The zero-order valence-corrected chi connectivity index (χ0v) is 20.6. The molecule has 13 heteroatoms. The lowest BCUT2D eigenvalue weighted by atomic mass is 9.99. The highest BCUT2D eigenvalue weighted by molar-refractivity contribution is 8.08. The van der Waals surface area contributed by atoms with Gasteiger partial charge in [-0.15, -0.1) is 0 Å². The molecule has 36 heavy (non-hydrogen) atoms. The molecule has 2 aromatic carbocycles. The number of benzene rings is 2. The number of nitro benzene ring substituents is 1. The Labute approximate surface area is 213 Å². The van der Waals surface area contributed by atoms with Crippen LogP contribution in [0.3, 0.4) is 0 Å². The Kier molecular flexibility index (Phi) is 8.78. The Bertz CT molecular complexity index is 1190. The van der Waals surface area contributed by atoms with Gasteiger partial charge < -0.3 is 19.7 Å². The second-order valence-electron chi connectivity index (χ2n) is 7.81. The molecule has 3 rings (SSSR count). The minimum atomic E-state index is -2.15. The van der Waals surface area contributed by atoms with Crippen molar-refractivity contribution >= 4 is 44.2 Å². The Morgan fingerprint density at radius 1 is 1.22 bits per heavy atom. The van der Waals surface area contributed by atoms with Gasteiger partial charge in [-0.3, -0.25) is 19.7 Å². The van der Waals surface area contributed by atoms with E-state index in [1.165, 1.54) is 31.2 Å². The van der Waals surface area contributed by atoms with Gasteiger partial charge in [0, 0.05) is 12.1 Å². The van der Waals surface area contributed by atoms with E-state index in [4.69, 9.17) is 20.2 Å². The molecule has 1 N–H and O–H groups in total. The van der Waals surface area contributed by atoms with Crippen LogP contribution in [0.2, 0.25) is 0 Å². The summed E-state index contributed by atoms with van der Waals surface area (Å²) >= 11 is 0. The summed E-state index contributed by atoms with van der Waals surface area (Å²) in [5.41, 5.74) is 0.581. The van der Waals surface area contributed by atoms with E-state index in [9.17, 15) is 28.7 Å². The van der Waals surface area contributed by atoms with E-state index in [2.05, 4.69) is 11.9 Å². The summed E-state index contributed by atoms with van der Waals surface area (Å²) in [6, 6.07) is 11.4. The first-order valence-electron chi connectivity index (χ1n) is 10.5. The number of carbonyl (C=O) groups excluding carboxylic acids is 3. The number of esters is 1. The molecule has 0 bridgehead atoms. The largest absolute Gasteiger partial charge is 0.484 e. The number of hydrogen-bond donors (Lipinski definition) is 1. The smallest absolute Gasteiger partial charge is 0.333 e. The molecule has 0 aromatic heterocycles. The first-order valence-corrected chi connectivity index (χ1v) is 12.6. The van der Waals surface area contributed by atoms with Crippen LogP contribution in [0.15, 0.2) is 66.7 Å². The molecule has 0 radical (unpaired) electrons. The van der Waals surface area contributed by atoms with Gasteiger partial charge in [-0.1, -0.05) is 24.8 Å². The molecule has 4 unspecified atom stereocenters. The molecule has 1 saturated heterocycles. The molecule has 0 saturated carbocycles. The van der Waals surface area contributed by atoms with Gasteiger partial charge in [0.15, 0.2) is 18.0 Å². The second kappa shape index (κ2) is 11.8. The van der Waals surface area contributed by atoms with Crippen LogP contribution in [0.25, 0.3) is 0 Å². The molecule has 2 aromatic rings. The summed E-state index contributed by atoms with van der Waals surface area (Å²) in [6.45, 7) is 4.59. The van der Waals surface area contributed by atoms with Gasteiger partial charge >= 0.3 is 5.97 Å². The van der Waals surface area contributed by atoms with Gasteiger partial charge in [0.2, 0.25) is 5.91 Å². The van der Waals surface area contributed by atoms with Crippen molar-refractivity contribution in [1.29, 1.82) is 0 Å². The topological polar surface area (TPSA) is 145 Å². The molecule has 0 aliphatic carbocycles. The van der Waals surface area contributed by atoms with Crippen LogP contribution < -0.4 is 10.1 Å². The van der Waals surface area contributed by atoms with Gasteiger partial charge in [0.05, 0.1) is 4.92 Å². The van der Waals surface area contributed by atoms with Crippen LogP contribution in [0.4, 0.5) is 5.69 Å². The fourth-order valence-electron chi connectivity index (χ4n) is 3.47. The van der Waals surface area contributed by atoms with Crippen molar-refractivity contribution in [2.24, 2.45) is 0 Å². The van der Waals surface area contributed by atoms with Crippen molar-refractivity contribution in [1.82, 2.24) is 10.2 Å². The van der Waals surface area contributed by atoms with Gasteiger partial charge in [0.1, 0.15) is 28.4 Å². The second-order valence-corrected chi connectivity index (χ2v) is 9.70. The summed E-state index contributed by atoms with van der Waals surface area (Å²) in [7, 11) is 3.66. The van der Waals surface area contributed by atoms with E-state index in [0.717, 1.165) is 4.90 Å². The van der Waals surface area contributed by atoms with Crippen LogP contribution >= 0.6 is 10.7 Å². The molecule has 0 spiro atoms. The van der Waals surface area contributed by atoms with Crippen LogP contribution in [0, 0.1) is 10.1 Å². The summed E-state index contributed by atoms with van der Waals surface area (Å²) in [5.74, 6) is -1.75. The number of hydrogen-bond acceptors (Lipinski definition) is 8. The lowest BCUT2D eigenvalue weighted by molar-refractivity contribution is -0.384. The molecule has 1 heterocycles. The highest BCUT2D eigenvalue weighted by Gasteiger charge is 2.56. The lowest BCUT2D eigenvalue weighted by Gasteiger charge is -2.48. The molecule has 2 amide bonds. The van der Waals surface area contributed by atoms with Crippen molar-refractivity contribution in [3.8, 4) is 5.75 Å². The van der Waals surface area contributed by atoms with E-state index in [1.54, 1.807) is 30.3 Å². The summed E-state index contributed by atoms with van der Waals surface area (Å²) in [4.78, 5) is 49.2. The van der Waals surface area contributed by atoms with E-state index in [1.807, 2.05) is 0 Å². The van der Waals surface area contributed by atoms with E-state index in [0.29, 0.717) is 11.3 Å². The van der Waals surface area contributed by atoms with Crippen LogP contribution in [-0.2, 0) is 35.7 Å². The highest BCUT2D eigenvalue weighted by Crippen LogP contribution is 2.31. The number of rotatable bonds is 11. The predicted molar refractivity (Wildman–Crippen MR) is 130 cm³/mol. The third-order valence-electron chi connectivity index (χ3n) is 5.20. The van der Waals surface area contributed by atoms with Crippen molar-refractivity contribution in [2.45, 2.75) is 31.0 Å². The number of non-ortho nitro benzene ring substituents is 1. The first kappa shape index (κ1) is 26.8. The number of β-lactam (4-membered cyclic amide) rings is 1. The highest BCUT2D eigenvalue weighted by atomic mass is 35.7. The average Bonchev–Trinajstić information content (AvgIpc) is 2.85. The standard InChI is InChI=1S/C23H22ClN3O8S/c1-14(2)20(23(30)35-12-15-8-10-16(11-9-15)27(31)32)26-21(29)19(22(26)36(24)33)25-18(28)13-34-17-6-4-3-5-7-17/h3-11,19-20,22H,1,12-13H2,2H3,(H,25,28). The Balaban J connectivity index is 1.64. The maximum Gasteiger partial charge on any atom is 0.333 e. The van der Waals surface area contributed by atoms with Crippen molar-refractivity contribution in [2.75, 3.05) is 6.61 Å². The van der Waals surface area contributed by atoms with Crippen molar-refractivity contribution in [3.63, 3.8) is 0 Å². The number of amides is 2. The Morgan fingerprint density at radius 2 is 1.86 bits per heavy atom. The maximum absolute atomic E-state index is 12.9. The number of nitrogens with zero attached hydrogens (tertiary/aromatic N) is 2. The Hall–Kier alpha value is -3.77. The van der Waals surface area contributed by atoms with Crippen LogP contribution in [-0.4, -0.2) is 55.9 Å². The number of ether oxygens (including phenoxy) is 2. The SMILES string of the molecule is C=C(C)C(C(=O)OCc1ccc([N+](=O)[O-])cc1)N1C(=O)C(NC(=O)COc2ccccc2)C1S(=O)Cl. The van der Waals surface area contributed by atoms with Crippen molar-refractivity contribution in [3.05, 3.63) is 82.4 Å². The number of para-hydroxylation sites is 1. The molecule has 1 aliphatic rings. The number of nitrogens with one attached hydrogen (secondary N) is 1. The zero-order chi connectivity index (χ0) is 26.4. The van der Waals surface area contributed by atoms with Gasteiger partial charge in [0.25, 0.3) is 11.6 Å². The molecule has 1 aliphatic heterocycles. The molecule has 11 nitrogen and oxygen atoms in total. The first-order chi connectivity index (χ1) is 17.1. The van der Waals surface area contributed by atoms with E-state index in [-0.39, 0.29) is 17.9 Å². The maximum atomic E-state index is 12.9. The molecular formula is C23H22ClN3O8S. The normalized spacial score (nSPS) is 18.4. The molecule has 4 atom stereocenters. The predicted octanol–water partition coefficient (Wildman–Crippen LogP) is 2.22. The van der Waals surface area contributed by atoms with E-state index < -0.39 is 56.8 Å². The number of likely N-dealkylation sites (tertiary alicyclic amines) is 1. The quantitative estimate of drug-likeness (QED) is 0.115. The summed E-state index contributed by atoms with van der Waals surface area (Å²) in [6.07, 6.45) is 0. The van der Waals surface area contributed by atoms with Gasteiger partial charge in [-0.05, 0) is 53.0 Å².